The molecule has 0 spiro atoms. The molecule has 3 rings (SSSR count). The number of hydrogen-bond donors (Lipinski definition) is 2. The Labute approximate surface area is 175 Å². The van der Waals surface area contributed by atoms with Crippen LogP contribution < -0.4 is 14.8 Å². The zero-order chi connectivity index (χ0) is 21.7. The molecular weight excluding hydrogens is 404 g/mol. The van der Waals surface area contributed by atoms with Gasteiger partial charge in [0.2, 0.25) is 5.95 Å². The van der Waals surface area contributed by atoms with Gasteiger partial charge in [-0.1, -0.05) is 18.2 Å². The summed E-state index contributed by atoms with van der Waals surface area (Å²) in [5.41, 5.74) is 1.76. The maximum Gasteiger partial charge on any atom is 0.265 e. The maximum atomic E-state index is 12.6. The van der Waals surface area contributed by atoms with Crippen LogP contribution in [0.25, 0.3) is 0 Å². The lowest BCUT2D eigenvalue weighted by Gasteiger charge is -2.15. The zero-order valence-electron chi connectivity index (χ0n) is 16.8. The van der Waals surface area contributed by atoms with Gasteiger partial charge in [0.15, 0.2) is 6.10 Å². The fourth-order valence-electron chi connectivity index (χ4n) is 2.67. The van der Waals surface area contributed by atoms with Crippen LogP contribution in [-0.4, -0.2) is 30.4 Å². The number of carbonyl (C=O) groups excluding carboxylic acids is 1. The first-order valence-electron chi connectivity index (χ1n) is 9.21. The number of nitrogens with zero attached hydrogens (tertiary/aromatic N) is 2. The molecule has 0 aliphatic heterocycles. The highest BCUT2D eigenvalue weighted by Crippen LogP contribution is 2.18. The molecule has 2 aromatic carbocycles. The third kappa shape index (κ3) is 5.54. The van der Waals surface area contributed by atoms with Gasteiger partial charge < -0.3 is 10.1 Å². The number of rotatable bonds is 7. The van der Waals surface area contributed by atoms with Gasteiger partial charge in [-0.15, -0.1) is 0 Å². The third-order valence-electron chi connectivity index (χ3n) is 4.07. The highest BCUT2D eigenvalue weighted by Gasteiger charge is 2.18. The normalized spacial score (nSPS) is 12.1. The van der Waals surface area contributed by atoms with Crippen LogP contribution in [0.2, 0.25) is 0 Å². The number of para-hydroxylation sites is 1. The number of aryl methyl sites for hydroxylation is 2. The van der Waals surface area contributed by atoms with Gasteiger partial charge in [0, 0.05) is 17.1 Å². The number of ether oxygens (including phenoxy) is 1. The Bertz CT molecular complexity index is 1110. The van der Waals surface area contributed by atoms with Gasteiger partial charge >= 0.3 is 0 Å². The van der Waals surface area contributed by atoms with Crippen molar-refractivity contribution in [2.45, 2.75) is 31.8 Å². The lowest BCUT2D eigenvalue weighted by Crippen LogP contribution is -2.30. The topological polar surface area (TPSA) is 110 Å². The Hall–Kier alpha value is -3.46. The Kier molecular flexibility index (Phi) is 6.31. The van der Waals surface area contributed by atoms with Gasteiger partial charge in [-0.25, -0.2) is 23.1 Å². The van der Waals surface area contributed by atoms with E-state index in [0.29, 0.717) is 22.8 Å². The summed E-state index contributed by atoms with van der Waals surface area (Å²) in [6.45, 7) is 5.15. The van der Waals surface area contributed by atoms with Crippen molar-refractivity contribution in [3.8, 4) is 5.75 Å². The van der Waals surface area contributed by atoms with Crippen LogP contribution in [0.1, 0.15) is 18.3 Å². The first-order chi connectivity index (χ1) is 14.2. The van der Waals surface area contributed by atoms with Crippen LogP contribution in [0, 0.1) is 13.8 Å². The largest absolute Gasteiger partial charge is 0.481 e. The molecule has 2 N–H and O–H groups in total. The van der Waals surface area contributed by atoms with Crippen LogP contribution in [0.15, 0.2) is 65.6 Å². The molecule has 0 saturated carbocycles. The second-order valence-electron chi connectivity index (χ2n) is 6.67. The number of anilines is 2. The van der Waals surface area contributed by atoms with Crippen LogP contribution in [0.3, 0.4) is 0 Å². The summed E-state index contributed by atoms with van der Waals surface area (Å²) in [5, 5.41) is 2.70. The minimum atomic E-state index is -3.86. The second kappa shape index (κ2) is 8.91. The summed E-state index contributed by atoms with van der Waals surface area (Å²) in [6, 6.07) is 16.5. The standard InChI is InChI=1S/C21H22N4O4S/c1-14-13-15(2)23-21(22-14)25-30(27,28)19-11-9-17(10-12-19)24-20(26)16(3)29-18-7-5-4-6-8-18/h4-13,16H,1-3H3,(H,24,26)(H,22,23,25)/t16-/m1/s1. The monoisotopic (exact) mass is 426 g/mol. The summed E-state index contributed by atoms with van der Waals surface area (Å²) in [4.78, 5) is 20.5. The van der Waals surface area contributed by atoms with Gasteiger partial charge in [0.1, 0.15) is 5.75 Å². The smallest absolute Gasteiger partial charge is 0.265 e. The molecule has 0 saturated heterocycles. The lowest BCUT2D eigenvalue weighted by atomic mass is 10.3. The van der Waals surface area contributed by atoms with Crippen LogP contribution in [0.4, 0.5) is 11.6 Å². The molecule has 9 heteroatoms. The lowest BCUT2D eigenvalue weighted by molar-refractivity contribution is -0.122. The first kappa shape index (κ1) is 21.3. The zero-order valence-corrected chi connectivity index (χ0v) is 17.6. The average Bonchev–Trinajstić information content (AvgIpc) is 2.68. The number of nitrogens with one attached hydrogen (secondary N) is 2. The van der Waals surface area contributed by atoms with E-state index in [4.69, 9.17) is 4.74 Å². The molecule has 0 aliphatic carbocycles. The Morgan fingerprint density at radius 2 is 1.57 bits per heavy atom. The molecule has 1 heterocycles. The molecule has 0 radical (unpaired) electrons. The minimum absolute atomic E-state index is 0.0109. The number of hydrogen-bond acceptors (Lipinski definition) is 6. The molecule has 30 heavy (non-hydrogen) atoms. The van der Waals surface area contributed by atoms with E-state index in [1.54, 1.807) is 39.0 Å². The molecule has 8 nitrogen and oxygen atoms in total. The highest BCUT2D eigenvalue weighted by atomic mass is 32.2. The first-order valence-corrected chi connectivity index (χ1v) is 10.7. The SMILES string of the molecule is Cc1cc(C)nc(NS(=O)(=O)c2ccc(NC(=O)[C@@H](C)Oc3ccccc3)cc2)n1. The van der Waals surface area contributed by atoms with E-state index < -0.39 is 16.1 Å². The molecule has 0 unspecified atom stereocenters. The van der Waals surface area contributed by atoms with Gasteiger partial charge in [-0.3, -0.25) is 4.79 Å². The van der Waals surface area contributed by atoms with Crippen LogP contribution in [0.5, 0.6) is 5.75 Å². The molecule has 156 valence electrons. The van der Waals surface area contributed by atoms with E-state index in [1.807, 2.05) is 18.2 Å². The van der Waals surface area contributed by atoms with E-state index in [0.717, 1.165) is 0 Å². The van der Waals surface area contributed by atoms with Gasteiger partial charge in [-0.2, -0.15) is 0 Å². The van der Waals surface area contributed by atoms with Gasteiger partial charge in [0.25, 0.3) is 15.9 Å². The summed E-state index contributed by atoms with van der Waals surface area (Å²) >= 11 is 0. The highest BCUT2D eigenvalue weighted by molar-refractivity contribution is 7.92. The fourth-order valence-corrected chi connectivity index (χ4v) is 3.61. The predicted octanol–water partition coefficient (Wildman–Crippen LogP) is 3.30. The molecule has 0 fully saturated rings. The van der Waals surface area contributed by atoms with Crippen molar-refractivity contribution in [3.05, 3.63) is 72.1 Å². The average molecular weight is 426 g/mol. The maximum absolute atomic E-state index is 12.6. The number of sulfonamides is 1. The van der Waals surface area contributed by atoms with Gasteiger partial charge in [-0.05, 0) is 63.2 Å². The summed E-state index contributed by atoms with van der Waals surface area (Å²) in [7, 11) is -3.86. The van der Waals surface area contributed by atoms with E-state index in [1.165, 1.54) is 24.3 Å². The molecule has 0 aliphatic rings. The predicted molar refractivity (Wildman–Crippen MR) is 114 cm³/mol. The van der Waals surface area contributed by atoms with E-state index in [2.05, 4.69) is 20.0 Å². The van der Waals surface area contributed by atoms with Crippen molar-refractivity contribution in [1.82, 2.24) is 9.97 Å². The molecule has 1 atom stereocenters. The van der Waals surface area contributed by atoms with Crippen molar-refractivity contribution in [1.29, 1.82) is 0 Å². The Morgan fingerprint density at radius 1 is 0.967 bits per heavy atom. The van der Waals surface area contributed by atoms with Gasteiger partial charge in [0.05, 0.1) is 4.90 Å². The Morgan fingerprint density at radius 3 is 2.17 bits per heavy atom. The fraction of sp³-hybridized carbons (Fsp3) is 0.190. The molecule has 3 aromatic rings. The number of amides is 1. The third-order valence-corrected chi connectivity index (χ3v) is 5.41. The number of carbonyl (C=O) groups is 1. The van der Waals surface area contributed by atoms with E-state index in [-0.39, 0.29) is 16.8 Å². The van der Waals surface area contributed by atoms with E-state index in [9.17, 15) is 13.2 Å². The van der Waals surface area contributed by atoms with Crippen molar-refractivity contribution < 1.29 is 17.9 Å². The quantitative estimate of drug-likeness (QED) is 0.600. The molecule has 1 amide bonds. The molecular formula is C21H22N4O4S. The summed E-state index contributed by atoms with van der Waals surface area (Å²) in [6.07, 6.45) is -0.723. The van der Waals surface area contributed by atoms with Crippen molar-refractivity contribution >= 4 is 27.6 Å². The van der Waals surface area contributed by atoms with Crippen LogP contribution in [-0.2, 0) is 14.8 Å². The van der Waals surface area contributed by atoms with Crippen LogP contribution >= 0.6 is 0 Å². The molecule has 1 aromatic heterocycles. The Balaban J connectivity index is 1.65. The number of benzene rings is 2. The van der Waals surface area contributed by atoms with Crippen molar-refractivity contribution in [2.24, 2.45) is 0 Å². The van der Waals surface area contributed by atoms with Crippen molar-refractivity contribution in [2.75, 3.05) is 10.0 Å². The summed E-state index contributed by atoms with van der Waals surface area (Å²) < 4.78 is 33.1. The number of aromatic nitrogens is 2. The molecule has 0 bridgehead atoms. The summed E-state index contributed by atoms with van der Waals surface area (Å²) in [5.74, 6) is 0.245. The second-order valence-corrected chi connectivity index (χ2v) is 8.35. The minimum Gasteiger partial charge on any atom is -0.481 e. The van der Waals surface area contributed by atoms with Crippen molar-refractivity contribution in [3.63, 3.8) is 0 Å². The van der Waals surface area contributed by atoms with E-state index >= 15 is 0 Å².